The lowest BCUT2D eigenvalue weighted by Crippen LogP contribution is -2.13. The third kappa shape index (κ3) is 4.30. The topological polar surface area (TPSA) is 18.5 Å². The van der Waals surface area contributed by atoms with Crippen LogP contribution in [0.4, 0.5) is 13.2 Å². The second kappa shape index (κ2) is 5.43. The monoisotopic (exact) mass is 298 g/mol. The standard InChI is InChI=1S/C10H10BrF3O2/c1-15-7-2-3-9(8(11)6-7)16-5-4-10(12,13)14/h2-3,6H,4-5H2,1H3. The molecule has 0 amide bonds. The predicted octanol–water partition coefficient (Wildman–Crippen LogP) is 3.79. The highest BCUT2D eigenvalue weighted by atomic mass is 79.9. The Hall–Kier alpha value is -0.910. The van der Waals surface area contributed by atoms with Crippen LogP contribution in [0.3, 0.4) is 0 Å². The Labute approximate surface area is 99.5 Å². The van der Waals surface area contributed by atoms with Gasteiger partial charge in [0.25, 0.3) is 0 Å². The van der Waals surface area contributed by atoms with Gasteiger partial charge in [0.1, 0.15) is 11.5 Å². The Morgan fingerprint density at radius 1 is 1.31 bits per heavy atom. The number of rotatable bonds is 4. The van der Waals surface area contributed by atoms with E-state index < -0.39 is 19.2 Å². The second-order valence-corrected chi connectivity index (χ2v) is 3.86. The molecule has 90 valence electrons. The molecule has 0 spiro atoms. The summed E-state index contributed by atoms with van der Waals surface area (Å²) in [6, 6.07) is 4.80. The summed E-state index contributed by atoms with van der Waals surface area (Å²) in [7, 11) is 1.51. The Balaban J connectivity index is 2.55. The van der Waals surface area contributed by atoms with Crippen molar-refractivity contribution in [3.63, 3.8) is 0 Å². The van der Waals surface area contributed by atoms with Crippen LogP contribution in [0.15, 0.2) is 22.7 Å². The van der Waals surface area contributed by atoms with Gasteiger partial charge in [-0.25, -0.2) is 0 Å². The lowest BCUT2D eigenvalue weighted by Gasteiger charge is -2.10. The van der Waals surface area contributed by atoms with Crippen molar-refractivity contribution in [1.29, 1.82) is 0 Å². The van der Waals surface area contributed by atoms with E-state index in [1.165, 1.54) is 7.11 Å². The average Bonchev–Trinajstić information content (AvgIpc) is 2.18. The molecule has 0 unspecified atom stereocenters. The Morgan fingerprint density at radius 2 is 2.00 bits per heavy atom. The molecule has 0 atom stereocenters. The summed E-state index contributed by atoms with van der Waals surface area (Å²) in [4.78, 5) is 0. The second-order valence-electron chi connectivity index (χ2n) is 3.01. The molecule has 1 aromatic rings. The molecule has 0 aromatic heterocycles. The van der Waals surface area contributed by atoms with Gasteiger partial charge in [0, 0.05) is 0 Å². The van der Waals surface area contributed by atoms with E-state index in [9.17, 15) is 13.2 Å². The average molecular weight is 299 g/mol. The van der Waals surface area contributed by atoms with Crippen molar-refractivity contribution in [2.75, 3.05) is 13.7 Å². The third-order valence-electron chi connectivity index (χ3n) is 1.78. The van der Waals surface area contributed by atoms with Crippen molar-refractivity contribution in [3.05, 3.63) is 22.7 Å². The quantitative estimate of drug-likeness (QED) is 0.842. The number of hydrogen-bond acceptors (Lipinski definition) is 2. The van der Waals surface area contributed by atoms with Gasteiger partial charge >= 0.3 is 6.18 Å². The van der Waals surface area contributed by atoms with E-state index in [0.717, 1.165) is 0 Å². The van der Waals surface area contributed by atoms with Crippen LogP contribution >= 0.6 is 15.9 Å². The zero-order valence-corrected chi connectivity index (χ0v) is 10.1. The van der Waals surface area contributed by atoms with Crippen molar-refractivity contribution < 1.29 is 22.6 Å². The van der Waals surface area contributed by atoms with Crippen LogP contribution in [-0.2, 0) is 0 Å². The number of benzene rings is 1. The first-order chi connectivity index (χ1) is 7.42. The van der Waals surface area contributed by atoms with Crippen LogP contribution < -0.4 is 9.47 Å². The zero-order chi connectivity index (χ0) is 12.2. The maximum Gasteiger partial charge on any atom is 0.392 e. The molecule has 6 heteroatoms. The molecule has 0 aliphatic heterocycles. The highest BCUT2D eigenvalue weighted by Gasteiger charge is 2.26. The number of ether oxygens (including phenoxy) is 2. The molecule has 0 fully saturated rings. The fraction of sp³-hybridized carbons (Fsp3) is 0.400. The summed E-state index contributed by atoms with van der Waals surface area (Å²) in [5.74, 6) is 0.972. The Morgan fingerprint density at radius 3 is 2.50 bits per heavy atom. The predicted molar refractivity (Wildman–Crippen MR) is 56.9 cm³/mol. The molecule has 1 aromatic carbocycles. The lowest BCUT2D eigenvalue weighted by atomic mass is 10.3. The lowest BCUT2D eigenvalue weighted by molar-refractivity contribution is -0.139. The van der Waals surface area contributed by atoms with Crippen LogP contribution in [0, 0.1) is 0 Å². The first kappa shape index (κ1) is 13.2. The van der Waals surface area contributed by atoms with Crippen molar-refractivity contribution in [1.82, 2.24) is 0 Å². The molecule has 16 heavy (non-hydrogen) atoms. The molecule has 0 aliphatic rings. The normalized spacial score (nSPS) is 11.3. The molecule has 2 nitrogen and oxygen atoms in total. The smallest absolute Gasteiger partial charge is 0.392 e. The van der Waals surface area contributed by atoms with Gasteiger partial charge in [0.2, 0.25) is 0 Å². The van der Waals surface area contributed by atoms with Gasteiger partial charge in [-0.05, 0) is 34.1 Å². The highest BCUT2D eigenvalue weighted by molar-refractivity contribution is 9.10. The number of hydrogen-bond donors (Lipinski definition) is 0. The van der Waals surface area contributed by atoms with E-state index in [2.05, 4.69) is 15.9 Å². The minimum Gasteiger partial charge on any atom is -0.497 e. The first-order valence-electron chi connectivity index (χ1n) is 4.45. The fourth-order valence-corrected chi connectivity index (χ4v) is 1.47. The van der Waals surface area contributed by atoms with E-state index in [1.54, 1.807) is 18.2 Å². The van der Waals surface area contributed by atoms with Crippen molar-refractivity contribution >= 4 is 15.9 Å². The zero-order valence-electron chi connectivity index (χ0n) is 8.47. The molecule has 1 rings (SSSR count). The molecule has 0 N–H and O–H groups in total. The van der Waals surface area contributed by atoms with E-state index in [4.69, 9.17) is 9.47 Å². The van der Waals surface area contributed by atoms with Crippen LogP contribution in [0.1, 0.15) is 6.42 Å². The van der Waals surface area contributed by atoms with Gasteiger partial charge < -0.3 is 9.47 Å². The highest BCUT2D eigenvalue weighted by Crippen LogP contribution is 2.29. The molecule has 0 saturated carbocycles. The van der Waals surface area contributed by atoms with Gasteiger partial charge in [-0.2, -0.15) is 13.2 Å². The third-order valence-corrected chi connectivity index (χ3v) is 2.40. The minimum absolute atomic E-state index is 0.366. The molecular weight excluding hydrogens is 289 g/mol. The number of methoxy groups -OCH3 is 1. The van der Waals surface area contributed by atoms with Gasteiger partial charge in [0.15, 0.2) is 0 Å². The summed E-state index contributed by atoms with van der Waals surface area (Å²) < 4.78 is 46.1. The fourth-order valence-electron chi connectivity index (χ4n) is 1.00. The molecule has 0 heterocycles. The van der Waals surface area contributed by atoms with E-state index in [1.807, 2.05) is 0 Å². The number of alkyl halides is 3. The van der Waals surface area contributed by atoms with Crippen LogP contribution in [0.25, 0.3) is 0 Å². The summed E-state index contributed by atoms with van der Waals surface area (Å²) in [5, 5.41) is 0. The Kier molecular flexibility index (Phi) is 4.46. The van der Waals surface area contributed by atoms with Crippen molar-refractivity contribution in [2.24, 2.45) is 0 Å². The van der Waals surface area contributed by atoms with E-state index >= 15 is 0 Å². The molecule has 0 bridgehead atoms. The number of halogens is 4. The van der Waals surface area contributed by atoms with Crippen LogP contribution in [0.2, 0.25) is 0 Å². The van der Waals surface area contributed by atoms with Crippen molar-refractivity contribution in [3.8, 4) is 11.5 Å². The molecule has 0 aliphatic carbocycles. The van der Waals surface area contributed by atoms with Crippen molar-refractivity contribution in [2.45, 2.75) is 12.6 Å². The maximum absolute atomic E-state index is 11.9. The first-order valence-corrected chi connectivity index (χ1v) is 5.25. The van der Waals surface area contributed by atoms with Gasteiger partial charge in [-0.15, -0.1) is 0 Å². The molecule has 0 saturated heterocycles. The SMILES string of the molecule is COc1ccc(OCCC(F)(F)F)c(Br)c1. The van der Waals surface area contributed by atoms with Gasteiger partial charge in [0.05, 0.1) is 24.6 Å². The summed E-state index contributed by atoms with van der Waals surface area (Å²) in [6.45, 7) is -0.394. The maximum atomic E-state index is 11.9. The van der Waals surface area contributed by atoms with Gasteiger partial charge in [-0.3, -0.25) is 0 Å². The molecular formula is C10H10BrF3O2. The summed E-state index contributed by atoms with van der Waals surface area (Å²) in [6.07, 6.45) is -5.16. The largest absolute Gasteiger partial charge is 0.497 e. The Bertz CT molecular complexity index is 352. The van der Waals surface area contributed by atoms with Crippen LogP contribution in [-0.4, -0.2) is 19.9 Å². The summed E-state index contributed by atoms with van der Waals surface area (Å²) in [5.41, 5.74) is 0. The minimum atomic E-state index is -4.20. The van der Waals surface area contributed by atoms with Gasteiger partial charge in [-0.1, -0.05) is 0 Å². The molecule has 0 radical (unpaired) electrons. The van der Waals surface area contributed by atoms with E-state index in [0.29, 0.717) is 16.0 Å². The van der Waals surface area contributed by atoms with Crippen LogP contribution in [0.5, 0.6) is 11.5 Å². The van der Waals surface area contributed by atoms with E-state index in [-0.39, 0.29) is 0 Å². The summed E-state index contributed by atoms with van der Waals surface area (Å²) >= 11 is 3.18.